The number of nitrogens with zero attached hydrogens (tertiary/aromatic N) is 2. The fraction of sp³-hybridized carbons (Fsp3) is 0.200. The average Bonchev–Trinajstić information content (AvgIpc) is 2.59. The average molecular weight is 188 g/mol. The summed E-state index contributed by atoms with van der Waals surface area (Å²) >= 11 is 0. The maximum absolute atomic E-state index is 11.5. The van der Waals surface area contributed by atoms with E-state index in [1.54, 1.807) is 10.6 Å². The first-order valence-corrected chi connectivity index (χ1v) is 4.52. The van der Waals surface area contributed by atoms with Crippen molar-refractivity contribution >= 4 is 11.0 Å². The van der Waals surface area contributed by atoms with Gasteiger partial charge in [-0.25, -0.2) is 0 Å². The smallest absolute Gasteiger partial charge is 0.316 e. The van der Waals surface area contributed by atoms with Gasteiger partial charge in [-0.1, -0.05) is 12.1 Å². The largest absolute Gasteiger partial charge is 0.618 e. The van der Waals surface area contributed by atoms with Crippen LogP contribution in [-0.2, 0) is 13.0 Å². The van der Waals surface area contributed by atoms with Crippen LogP contribution in [0.4, 0.5) is 0 Å². The lowest BCUT2D eigenvalue weighted by atomic mass is 10.1. The molecule has 0 radical (unpaired) electrons. The van der Waals surface area contributed by atoms with Crippen molar-refractivity contribution in [3.05, 3.63) is 45.5 Å². The summed E-state index contributed by atoms with van der Waals surface area (Å²) in [4.78, 5) is 11.5. The Kier molecular flexibility index (Phi) is 1.27. The van der Waals surface area contributed by atoms with Crippen molar-refractivity contribution in [2.24, 2.45) is 0 Å². The van der Waals surface area contributed by atoms with Gasteiger partial charge in [0.1, 0.15) is 5.52 Å². The Bertz CT molecular complexity index is 586. The molecule has 1 aliphatic heterocycles. The highest BCUT2D eigenvalue weighted by Gasteiger charge is 2.19. The summed E-state index contributed by atoms with van der Waals surface area (Å²) in [5.74, 6) is 0. The maximum atomic E-state index is 11.5. The summed E-state index contributed by atoms with van der Waals surface area (Å²) in [5, 5.41) is 11.4. The lowest BCUT2D eigenvalue weighted by Gasteiger charge is -2.03. The SMILES string of the molecule is O=c1c[n+]([O-])c2cccc3c2n1CC3. The third-order valence-electron chi connectivity index (χ3n) is 2.70. The second kappa shape index (κ2) is 2.35. The predicted octanol–water partition coefficient (Wildman–Crippen LogP) is 0.191. The van der Waals surface area contributed by atoms with E-state index in [2.05, 4.69) is 0 Å². The fourth-order valence-electron chi connectivity index (χ4n) is 2.07. The van der Waals surface area contributed by atoms with E-state index < -0.39 is 0 Å². The van der Waals surface area contributed by atoms with Gasteiger partial charge in [0.15, 0.2) is 0 Å². The maximum Gasteiger partial charge on any atom is 0.316 e. The second-order valence-electron chi connectivity index (χ2n) is 3.48. The van der Waals surface area contributed by atoms with Crippen LogP contribution in [0.15, 0.2) is 29.2 Å². The molecule has 4 nitrogen and oxygen atoms in total. The van der Waals surface area contributed by atoms with Gasteiger partial charge in [0.05, 0.1) is 0 Å². The Labute approximate surface area is 79.6 Å². The number of aryl methyl sites for hydroxylation is 2. The van der Waals surface area contributed by atoms with E-state index in [0.717, 1.165) is 23.7 Å². The molecule has 70 valence electrons. The summed E-state index contributed by atoms with van der Waals surface area (Å²) in [5.41, 5.74) is 2.26. The van der Waals surface area contributed by atoms with Crippen molar-refractivity contribution in [2.45, 2.75) is 13.0 Å². The molecule has 1 aromatic carbocycles. The molecule has 0 spiro atoms. The second-order valence-corrected chi connectivity index (χ2v) is 3.48. The molecule has 0 amide bonds. The van der Waals surface area contributed by atoms with Gasteiger partial charge in [-0.3, -0.25) is 9.36 Å². The lowest BCUT2D eigenvalue weighted by molar-refractivity contribution is -0.578. The van der Waals surface area contributed by atoms with Crippen molar-refractivity contribution in [1.29, 1.82) is 0 Å². The first-order chi connectivity index (χ1) is 6.77. The molecular formula is C10H8N2O2. The number of hydrogen-bond acceptors (Lipinski definition) is 2. The molecule has 0 saturated carbocycles. The van der Waals surface area contributed by atoms with Crippen molar-refractivity contribution in [3.63, 3.8) is 0 Å². The Morgan fingerprint density at radius 2 is 2.29 bits per heavy atom. The Hall–Kier alpha value is -1.84. The number of hydrogen-bond donors (Lipinski definition) is 0. The summed E-state index contributed by atoms with van der Waals surface area (Å²) in [6.45, 7) is 0.690. The molecule has 1 aliphatic rings. The van der Waals surface area contributed by atoms with Crippen molar-refractivity contribution in [1.82, 2.24) is 4.57 Å². The number of para-hydroxylation sites is 1. The van der Waals surface area contributed by atoms with Gasteiger partial charge in [0.25, 0.3) is 0 Å². The molecule has 2 heterocycles. The molecule has 2 aromatic rings. The van der Waals surface area contributed by atoms with Crippen LogP contribution in [0.2, 0.25) is 0 Å². The molecule has 0 atom stereocenters. The number of benzene rings is 1. The molecule has 0 saturated heterocycles. The van der Waals surface area contributed by atoms with Gasteiger partial charge < -0.3 is 5.21 Å². The third-order valence-corrected chi connectivity index (χ3v) is 2.70. The fourth-order valence-corrected chi connectivity index (χ4v) is 2.07. The normalized spacial score (nSPS) is 13.7. The predicted molar refractivity (Wildman–Crippen MR) is 50.9 cm³/mol. The lowest BCUT2D eigenvalue weighted by Crippen LogP contribution is -2.35. The monoisotopic (exact) mass is 188 g/mol. The van der Waals surface area contributed by atoms with Crippen LogP contribution in [0.5, 0.6) is 0 Å². The first kappa shape index (κ1) is 7.55. The standard InChI is InChI=1S/C10H8N2O2/c13-9-6-12(14)8-3-1-2-7-4-5-11(9)10(7)8/h1-3,6H,4-5H2. The van der Waals surface area contributed by atoms with E-state index in [1.165, 1.54) is 0 Å². The zero-order valence-corrected chi connectivity index (χ0v) is 7.43. The first-order valence-electron chi connectivity index (χ1n) is 4.52. The quantitative estimate of drug-likeness (QED) is 0.437. The molecule has 4 heteroatoms. The summed E-state index contributed by atoms with van der Waals surface area (Å²) < 4.78 is 2.32. The highest BCUT2D eigenvalue weighted by atomic mass is 16.5. The minimum Gasteiger partial charge on any atom is -0.618 e. The number of aromatic nitrogens is 2. The molecule has 0 aliphatic carbocycles. The molecule has 3 rings (SSSR count). The molecule has 1 aromatic heterocycles. The van der Waals surface area contributed by atoms with Gasteiger partial charge in [-0.2, -0.15) is 4.73 Å². The molecule has 0 bridgehead atoms. The van der Waals surface area contributed by atoms with Gasteiger partial charge in [0, 0.05) is 12.6 Å². The Morgan fingerprint density at radius 1 is 1.43 bits per heavy atom. The number of rotatable bonds is 0. The van der Waals surface area contributed by atoms with Crippen LogP contribution in [0, 0.1) is 5.21 Å². The Balaban J connectivity index is 2.65. The van der Waals surface area contributed by atoms with E-state index in [9.17, 15) is 10.0 Å². The molecule has 0 fully saturated rings. The van der Waals surface area contributed by atoms with E-state index in [0.29, 0.717) is 16.8 Å². The summed E-state index contributed by atoms with van der Waals surface area (Å²) in [6.07, 6.45) is 1.94. The zero-order chi connectivity index (χ0) is 9.71. The van der Waals surface area contributed by atoms with Crippen molar-refractivity contribution in [3.8, 4) is 0 Å². The summed E-state index contributed by atoms with van der Waals surface area (Å²) in [6, 6.07) is 5.56. The van der Waals surface area contributed by atoms with Crippen LogP contribution >= 0.6 is 0 Å². The van der Waals surface area contributed by atoms with Crippen LogP contribution in [-0.4, -0.2) is 4.57 Å². The van der Waals surface area contributed by atoms with Gasteiger partial charge in [-0.05, 0) is 12.0 Å². The highest BCUT2D eigenvalue weighted by molar-refractivity contribution is 5.77. The Morgan fingerprint density at radius 3 is 3.14 bits per heavy atom. The highest BCUT2D eigenvalue weighted by Crippen LogP contribution is 2.20. The van der Waals surface area contributed by atoms with Crippen LogP contribution in [0.3, 0.4) is 0 Å². The third kappa shape index (κ3) is 0.775. The topological polar surface area (TPSA) is 48.9 Å². The van der Waals surface area contributed by atoms with Crippen LogP contribution < -0.4 is 10.3 Å². The summed E-state index contributed by atoms with van der Waals surface area (Å²) in [7, 11) is 0. The molecule has 14 heavy (non-hydrogen) atoms. The molecule has 0 unspecified atom stereocenters. The van der Waals surface area contributed by atoms with Gasteiger partial charge in [0.2, 0.25) is 11.7 Å². The van der Waals surface area contributed by atoms with E-state index in [4.69, 9.17) is 0 Å². The van der Waals surface area contributed by atoms with Crippen LogP contribution in [0.25, 0.3) is 11.0 Å². The van der Waals surface area contributed by atoms with Crippen molar-refractivity contribution < 1.29 is 4.73 Å². The zero-order valence-electron chi connectivity index (χ0n) is 7.43. The minimum atomic E-state index is -0.211. The van der Waals surface area contributed by atoms with E-state index >= 15 is 0 Å². The van der Waals surface area contributed by atoms with Crippen LogP contribution in [0.1, 0.15) is 5.56 Å². The van der Waals surface area contributed by atoms with E-state index in [1.807, 2.05) is 12.1 Å². The molecule has 0 N–H and O–H groups in total. The van der Waals surface area contributed by atoms with E-state index in [-0.39, 0.29) is 5.56 Å². The van der Waals surface area contributed by atoms with Gasteiger partial charge >= 0.3 is 5.56 Å². The van der Waals surface area contributed by atoms with Crippen molar-refractivity contribution in [2.75, 3.05) is 0 Å². The molecular weight excluding hydrogens is 180 g/mol. The minimum absolute atomic E-state index is 0.211. The van der Waals surface area contributed by atoms with Gasteiger partial charge in [-0.15, -0.1) is 0 Å².